The Morgan fingerprint density at radius 2 is 1.71 bits per heavy atom. The summed E-state index contributed by atoms with van der Waals surface area (Å²) in [6.07, 6.45) is 3.40. The third kappa shape index (κ3) is 3.18. The van der Waals surface area contributed by atoms with Crippen molar-refractivity contribution in [1.82, 2.24) is 20.0 Å². The van der Waals surface area contributed by atoms with Crippen molar-refractivity contribution in [2.75, 3.05) is 0 Å². The second-order valence-corrected chi connectivity index (χ2v) is 6.74. The van der Waals surface area contributed by atoms with Crippen molar-refractivity contribution in [3.8, 4) is 17.3 Å². The largest absolute Gasteiger partial charge is 0.265 e. The normalized spacial score (nSPS) is 11.2. The fraction of sp³-hybridized carbons (Fsp3) is 0.263. The average Bonchev–Trinajstić information content (AvgIpc) is 2.98. The van der Waals surface area contributed by atoms with E-state index in [-0.39, 0.29) is 5.41 Å². The van der Waals surface area contributed by atoms with Crippen LogP contribution in [0, 0.1) is 11.3 Å². The Morgan fingerprint density at radius 3 is 2.29 bits per heavy atom. The second-order valence-electron chi connectivity index (χ2n) is 6.74. The SMILES string of the molecule is CC(C)(C)c1ccc(Cn2nnc(C#N)c2-c2ccncc2)cc1. The molecule has 0 radical (unpaired) electrons. The molecular weight excluding hydrogens is 298 g/mol. The highest BCUT2D eigenvalue weighted by atomic mass is 15.4. The van der Waals surface area contributed by atoms with Gasteiger partial charge in [-0.25, -0.2) is 4.68 Å². The van der Waals surface area contributed by atoms with Gasteiger partial charge in [0, 0.05) is 18.0 Å². The molecule has 5 heteroatoms. The van der Waals surface area contributed by atoms with Crippen LogP contribution in [0.25, 0.3) is 11.3 Å². The van der Waals surface area contributed by atoms with Gasteiger partial charge in [0.2, 0.25) is 0 Å². The number of benzene rings is 1. The Labute approximate surface area is 141 Å². The summed E-state index contributed by atoms with van der Waals surface area (Å²) >= 11 is 0. The highest BCUT2D eigenvalue weighted by molar-refractivity contribution is 5.64. The predicted octanol–water partition coefficient (Wildman–Crippen LogP) is 3.56. The molecule has 0 bridgehead atoms. The van der Waals surface area contributed by atoms with Gasteiger partial charge in [-0.05, 0) is 28.7 Å². The second kappa shape index (κ2) is 6.25. The summed E-state index contributed by atoms with van der Waals surface area (Å²) < 4.78 is 1.76. The molecule has 3 rings (SSSR count). The van der Waals surface area contributed by atoms with E-state index in [0.29, 0.717) is 12.2 Å². The summed E-state index contributed by atoms with van der Waals surface area (Å²) in [6.45, 7) is 7.15. The first-order valence-electron chi connectivity index (χ1n) is 7.82. The van der Waals surface area contributed by atoms with E-state index >= 15 is 0 Å². The lowest BCUT2D eigenvalue weighted by atomic mass is 9.87. The summed E-state index contributed by atoms with van der Waals surface area (Å²) in [7, 11) is 0. The minimum atomic E-state index is 0.127. The first kappa shape index (κ1) is 15.9. The van der Waals surface area contributed by atoms with Gasteiger partial charge in [0.25, 0.3) is 0 Å². The van der Waals surface area contributed by atoms with Gasteiger partial charge in [0.1, 0.15) is 11.8 Å². The maximum absolute atomic E-state index is 9.30. The Balaban J connectivity index is 1.94. The molecule has 0 unspecified atom stereocenters. The van der Waals surface area contributed by atoms with Crippen LogP contribution in [-0.2, 0) is 12.0 Å². The fourth-order valence-electron chi connectivity index (χ4n) is 2.58. The van der Waals surface area contributed by atoms with Crippen molar-refractivity contribution in [3.63, 3.8) is 0 Å². The van der Waals surface area contributed by atoms with Crippen LogP contribution in [-0.4, -0.2) is 20.0 Å². The number of nitrogens with zero attached hydrogens (tertiary/aromatic N) is 5. The molecule has 120 valence electrons. The molecule has 0 saturated carbocycles. The summed E-state index contributed by atoms with van der Waals surface area (Å²) in [5.74, 6) is 0. The minimum absolute atomic E-state index is 0.127. The zero-order valence-electron chi connectivity index (χ0n) is 14.1. The summed E-state index contributed by atoms with van der Waals surface area (Å²) in [6, 6.07) is 14.3. The standard InChI is InChI=1S/C19H19N5/c1-19(2,3)16-6-4-14(5-7-16)13-24-18(17(12-20)22-23-24)15-8-10-21-11-9-15/h4-11H,13H2,1-3H3. The third-order valence-corrected chi connectivity index (χ3v) is 3.95. The molecule has 0 N–H and O–H groups in total. The molecule has 0 aliphatic rings. The van der Waals surface area contributed by atoms with Crippen LogP contribution in [0.1, 0.15) is 37.6 Å². The van der Waals surface area contributed by atoms with Crippen LogP contribution in [0.5, 0.6) is 0 Å². The Hall–Kier alpha value is -3.00. The van der Waals surface area contributed by atoms with Gasteiger partial charge in [0.05, 0.1) is 6.54 Å². The molecule has 1 aromatic carbocycles. The lowest BCUT2D eigenvalue weighted by Gasteiger charge is -2.19. The highest BCUT2D eigenvalue weighted by Gasteiger charge is 2.16. The number of hydrogen-bond donors (Lipinski definition) is 0. The Bertz CT molecular complexity index is 865. The summed E-state index contributed by atoms with van der Waals surface area (Å²) in [5.41, 5.74) is 4.47. The van der Waals surface area contributed by atoms with Gasteiger partial charge < -0.3 is 0 Å². The zero-order valence-corrected chi connectivity index (χ0v) is 14.1. The highest BCUT2D eigenvalue weighted by Crippen LogP contribution is 2.24. The minimum Gasteiger partial charge on any atom is -0.265 e. The van der Waals surface area contributed by atoms with Gasteiger partial charge in [-0.2, -0.15) is 5.26 Å². The van der Waals surface area contributed by atoms with E-state index in [2.05, 4.69) is 66.4 Å². The first-order valence-corrected chi connectivity index (χ1v) is 7.82. The quantitative estimate of drug-likeness (QED) is 0.741. The molecule has 2 aromatic heterocycles. The topological polar surface area (TPSA) is 67.4 Å². The molecule has 0 atom stereocenters. The molecule has 0 spiro atoms. The van der Waals surface area contributed by atoms with Crippen molar-refractivity contribution in [1.29, 1.82) is 5.26 Å². The van der Waals surface area contributed by atoms with Crippen LogP contribution in [0.3, 0.4) is 0 Å². The molecule has 5 nitrogen and oxygen atoms in total. The van der Waals surface area contributed by atoms with E-state index in [0.717, 1.165) is 16.8 Å². The van der Waals surface area contributed by atoms with E-state index in [1.807, 2.05) is 12.1 Å². The van der Waals surface area contributed by atoms with Gasteiger partial charge in [-0.3, -0.25) is 4.98 Å². The predicted molar refractivity (Wildman–Crippen MR) is 92.2 cm³/mol. The smallest absolute Gasteiger partial charge is 0.190 e. The van der Waals surface area contributed by atoms with Crippen molar-refractivity contribution >= 4 is 0 Å². The molecule has 0 amide bonds. The van der Waals surface area contributed by atoms with E-state index in [9.17, 15) is 5.26 Å². The Morgan fingerprint density at radius 1 is 1.04 bits per heavy atom. The van der Waals surface area contributed by atoms with Gasteiger partial charge in [-0.15, -0.1) is 5.10 Å². The van der Waals surface area contributed by atoms with Gasteiger partial charge in [-0.1, -0.05) is 50.3 Å². The maximum Gasteiger partial charge on any atom is 0.190 e. The molecule has 0 aliphatic heterocycles. The van der Waals surface area contributed by atoms with E-state index in [1.165, 1.54) is 5.56 Å². The van der Waals surface area contributed by atoms with Crippen molar-refractivity contribution in [3.05, 3.63) is 65.6 Å². The average molecular weight is 317 g/mol. The van der Waals surface area contributed by atoms with Crippen LogP contribution < -0.4 is 0 Å². The number of nitriles is 1. The zero-order chi connectivity index (χ0) is 17.2. The summed E-state index contributed by atoms with van der Waals surface area (Å²) in [5, 5.41) is 17.5. The van der Waals surface area contributed by atoms with Crippen molar-refractivity contribution in [2.24, 2.45) is 0 Å². The maximum atomic E-state index is 9.30. The van der Waals surface area contributed by atoms with E-state index in [1.54, 1.807) is 17.1 Å². The van der Waals surface area contributed by atoms with Crippen LogP contribution in [0.15, 0.2) is 48.8 Å². The molecule has 2 heterocycles. The Kier molecular flexibility index (Phi) is 4.13. The first-order chi connectivity index (χ1) is 11.5. The van der Waals surface area contributed by atoms with Gasteiger partial charge >= 0.3 is 0 Å². The number of hydrogen-bond acceptors (Lipinski definition) is 4. The monoisotopic (exact) mass is 317 g/mol. The number of pyridine rings is 1. The molecule has 0 aliphatic carbocycles. The summed E-state index contributed by atoms with van der Waals surface area (Å²) in [4.78, 5) is 4.02. The van der Waals surface area contributed by atoms with Crippen molar-refractivity contribution in [2.45, 2.75) is 32.7 Å². The van der Waals surface area contributed by atoms with Crippen LogP contribution in [0.4, 0.5) is 0 Å². The van der Waals surface area contributed by atoms with Crippen LogP contribution in [0.2, 0.25) is 0 Å². The molecule has 3 aromatic rings. The molecule has 0 saturated heterocycles. The molecular formula is C19H19N5. The number of aromatic nitrogens is 4. The molecule has 24 heavy (non-hydrogen) atoms. The lowest BCUT2D eigenvalue weighted by Crippen LogP contribution is -2.11. The van der Waals surface area contributed by atoms with Crippen molar-refractivity contribution < 1.29 is 0 Å². The molecule has 0 fully saturated rings. The van der Waals surface area contributed by atoms with E-state index in [4.69, 9.17) is 0 Å². The fourth-order valence-corrected chi connectivity index (χ4v) is 2.58. The third-order valence-electron chi connectivity index (χ3n) is 3.95. The lowest BCUT2D eigenvalue weighted by molar-refractivity contribution is 0.589. The van der Waals surface area contributed by atoms with Crippen LogP contribution >= 0.6 is 0 Å². The van der Waals surface area contributed by atoms with E-state index < -0.39 is 0 Å². The number of rotatable bonds is 3. The van der Waals surface area contributed by atoms with Gasteiger partial charge in [0.15, 0.2) is 5.69 Å².